The molecule has 31 heteroatoms. The van der Waals surface area contributed by atoms with Gasteiger partial charge in [-0.3, -0.25) is 33.7 Å². The summed E-state index contributed by atoms with van der Waals surface area (Å²) >= 11 is 0. The molecule has 16 atom stereocenters. The van der Waals surface area contributed by atoms with Crippen LogP contribution in [0.25, 0.3) is 0 Å². The zero-order chi connectivity index (χ0) is 56.1. The van der Waals surface area contributed by atoms with E-state index in [0.717, 1.165) is 0 Å². The Balaban J connectivity index is 1.40. The molecule has 76 heavy (non-hydrogen) atoms. The number of ether oxygens (including phenoxy) is 6. The number of rotatable bonds is 33. The van der Waals surface area contributed by atoms with Gasteiger partial charge in [-0.05, 0) is 25.7 Å². The molecule has 4 aliphatic heterocycles. The maximum absolute atomic E-state index is 14.1. The number of Topliss-reactive ketones (excluding diaryl/α,β-unsaturated/α-hetero) is 1. The maximum atomic E-state index is 14.1. The van der Waals surface area contributed by atoms with Crippen molar-refractivity contribution in [3.05, 3.63) is 0 Å². The van der Waals surface area contributed by atoms with Gasteiger partial charge in [0.25, 0.3) is 11.8 Å². The van der Waals surface area contributed by atoms with Crippen LogP contribution in [0, 0.1) is 0 Å². The van der Waals surface area contributed by atoms with E-state index in [4.69, 9.17) is 33.3 Å². The molecule has 0 aromatic carbocycles. The number of carbonyl (C=O) groups excluding carboxylic acids is 7. The van der Waals surface area contributed by atoms with E-state index in [1.165, 1.54) is 4.90 Å². The van der Waals surface area contributed by atoms with Crippen LogP contribution in [0.3, 0.4) is 0 Å². The van der Waals surface area contributed by atoms with E-state index in [1.807, 2.05) is 0 Å². The molecule has 0 spiro atoms. The van der Waals surface area contributed by atoms with Gasteiger partial charge >= 0.3 is 5.97 Å². The quantitative estimate of drug-likeness (QED) is 0.0214. The van der Waals surface area contributed by atoms with Crippen LogP contribution in [0.5, 0.6) is 0 Å². The Morgan fingerprint density at radius 1 is 0.526 bits per heavy atom. The highest BCUT2D eigenvalue weighted by molar-refractivity contribution is 6.01. The Bertz CT molecular complexity index is 1780. The highest BCUT2D eigenvalue weighted by Crippen LogP contribution is 2.25. The second-order valence-corrected chi connectivity index (χ2v) is 18.5. The average Bonchev–Trinajstić information content (AvgIpc) is 3.71. The Kier molecular flexibility index (Phi) is 27.8. The molecule has 4 saturated heterocycles. The molecule has 0 aromatic rings. The molecule has 4 fully saturated rings. The number of amides is 5. The predicted octanol–water partition coefficient (Wildman–Crippen LogP) is -8.86. The van der Waals surface area contributed by atoms with Crippen LogP contribution in [0.2, 0.25) is 0 Å². The van der Waals surface area contributed by atoms with E-state index in [2.05, 4.69) is 16.0 Å². The minimum Gasteiger partial charge on any atom is -0.394 e. The highest BCUT2D eigenvalue weighted by atomic mass is 16.7. The fourth-order valence-electron chi connectivity index (χ4n) is 8.41. The van der Waals surface area contributed by atoms with E-state index < -0.39 is 167 Å². The minimum atomic E-state index is -1.74. The van der Waals surface area contributed by atoms with Gasteiger partial charge in [0.05, 0.1) is 58.8 Å². The van der Waals surface area contributed by atoms with Crippen molar-refractivity contribution in [1.82, 2.24) is 25.9 Å². The van der Waals surface area contributed by atoms with Crippen LogP contribution in [-0.4, -0.2) is 283 Å². The van der Waals surface area contributed by atoms with Gasteiger partial charge in [-0.25, -0.2) is 4.79 Å². The second-order valence-electron chi connectivity index (χ2n) is 18.5. The number of hydrogen-bond donors (Lipinski definition) is 15. The smallest absolute Gasteiger partial charge is 0.333 e. The standard InChI is InChI=1S/C45H75N5O26/c51-20-25-33(60)36(63)39(66)43(73-25)70-15-12-46-28(55)18-49(19-29(56)47-13-16-71-44-40(67)37(64)34(61)26(21-52)74-44)24(42(69)48-14-17-72-45-41(68)38(65)35(62)27(22-53)75-45)8-3-1-2-6-23(54)7-4-5-9-32(59)76-50-30(57)10-11-31(50)58/h24-27,33-41,43-45,51-53,60-68H,1-22H2,(H,46,55)(H,47,56)(H,48,69)/t24?,25-,26-,27-,33-,34-,35-,36+,37+,38+,39+,40+,41+,43+,44+,45+/m1/s1. The summed E-state index contributed by atoms with van der Waals surface area (Å²) in [6.45, 7) is -5.21. The van der Waals surface area contributed by atoms with E-state index in [0.29, 0.717) is 24.3 Å². The number of hydroxylamine groups is 2. The fourth-order valence-corrected chi connectivity index (χ4v) is 8.41. The van der Waals surface area contributed by atoms with Gasteiger partial charge in [0.15, 0.2) is 18.9 Å². The minimum absolute atomic E-state index is 0.0152. The lowest BCUT2D eigenvalue weighted by molar-refractivity contribution is -0.300. The van der Waals surface area contributed by atoms with Crippen LogP contribution < -0.4 is 16.0 Å². The summed E-state index contributed by atoms with van der Waals surface area (Å²) in [5.41, 5.74) is 0. The van der Waals surface area contributed by atoms with Gasteiger partial charge in [0.1, 0.15) is 79.0 Å². The summed E-state index contributed by atoms with van der Waals surface area (Å²) in [4.78, 5) is 95.4. The van der Waals surface area contributed by atoms with Crippen molar-refractivity contribution < 1.29 is 128 Å². The molecule has 0 radical (unpaired) electrons. The lowest BCUT2D eigenvalue weighted by Gasteiger charge is -2.39. The number of carbonyl (C=O) groups is 7. The largest absolute Gasteiger partial charge is 0.394 e. The number of aliphatic hydroxyl groups excluding tert-OH is 12. The summed E-state index contributed by atoms with van der Waals surface area (Å²) in [6, 6.07) is -1.26. The van der Waals surface area contributed by atoms with Crippen LogP contribution in [0.4, 0.5) is 0 Å². The third-order valence-electron chi connectivity index (χ3n) is 12.8. The normalized spacial score (nSPS) is 31.3. The van der Waals surface area contributed by atoms with Crippen molar-refractivity contribution >= 4 is 41.3 Å². The predicted molar refractivity (Wildman–Crippen MR) is 247 cm³/mol. The van der Waals surface area contributed by atoms with Crippen molar-refractivity contribution in [3.8, 4) is 0 Å². The zero-order valence-electron chi connectivity index (χ0n) is 41.8. The molecule has 15 N–H and O–H groups in total. The fraction of sp³-hybridized carbons (Fsp3) is 0.844. The first-order valence-electron chi connectivity index (χ1n) is 25.1. The average molecular weight is 1100 g/mol. The number of imide groups is 1. The topological polar surface area (TPSA) is 469 Å². The number of ketones is 1. The second kappa shape index (κ2) is 32.7. The summed E-state index contributed by atoms with van der Waals surface area (Å²) < 4.78 is 32.3. The molecule has 0 aromatic heterocycles. The third kappa shape index (κ3) is 19.4. The van der Waals surface area contributed by atoms with E-state index in [-0.39, 0.29) is 96.6 Å². The number of aliphatic hydroxyl groups is 12. The van der Waals surface area contributed by atoms with Gasteiger partial charge in [-0.15, -0.1) is 5.06 Å². The first kappa shape index (κ1) is 64.5. The van der Waals surface area contributed by atoms with E-state index in [1.54, 1.807) is 0 Å². The molecule has 4 aliphatic rings. The van der Waals surface area contributed by atoms with E-state index >= 15 is 0 Å². The lowest BCUT2D eigenvalue weighted by atomic mass is 9.99. The summed E-state index contributed by atoms with van der Waals surface area (Å²) in [5.74, 6) is -4.39. The molecule has 5 amide bonds. The van der Waals surface area contributed by atoms with Crippen molar-refractivity contribution in [3.63, 3.8) is 0 Å². The Morgan fingerprint density at radius 2 is 0.908 bits per heavy atom. The molecule has 0 aliphatic carbocycles. The van der Waals surface area contributed by atoms with Gasteiger partial charge in [-0.2, -0.15) is 0 Å². The molecule has 4 heterocycles. The first-order valence-corrected chi connectivity index (χ1v) is 25.1. The van der Waals surface area contributed by atoms with Crippen molar-refractivity contribution in [1.29, 1.82) is 0 Å². The zero-order valence-corrected chi connectivity index (χ0v) is 41.8. The van der Waals surface area contributed by atoms with Gasteiger partial charge in [-0.1, -0.05) is 12.8 Å². The number of unbranched alkanes of at least 4 members (excludes halogenated alkanes) is 3. The maximum Gasteiger partial charge on any atom is 0.333 e. The molecule has 1 unspecified atom stereocenters. The number of nitrogens with one attached hydrogen (secondary N) is 3. The number of hydrogen-bond acceptors (Lipinski definition) is 27. The van der Waals surface area contributed by atoms with Gasteiger partial charge < -0.3 is 110 Å². The monoisotopic (exact) mass is 1100 g/mol. The van der Waals surface area contributed by atoms with Gasteiger partial charge in [0, 0.05) is 51.7 Å². The SMILES string of the molecule is O=C(CCCCCC(C(=O)NCCO[C@H]1O[C@H](CO)[C@@H](O)[C@H](O)[C@@H]1O)N(CC(=O)NCCO[C@H]1O[C@H](CO)[C@@H](O)[C@H](O)[C@@H]1O)CC(=O)NCCO[C@H]1O[C@H](CO)[C@@H](O)[C@H](O)[C@@H]1O)CCCCC(=O)ON1C(=O)CCC1=O. The summed E-state index contributed by atoms with van der Waals surface area (Å²) in [7, 11) is 0. The summed E-state index contributed by atoms with van der Waals surface area (Å²) in [5, 5.41) is 128. The Morgan fingerprint density at radius 3 is 1.32 bits per heavy atom. The van der Waals surface area contributed by atoms with Crippen LogP contribution in [0.1, 0.15) is 70.6 Å². The third-order valence-corrected chi connectivity index (χ3v) is 12.8. The number of nitrogens with zero attached hydrogens (tertiary/aromatic N) is 2. The molecular formula is C45H75N5O26. The molecular weight excluding hydrogens is 1030 g/mol. The molecule has 0 bridgehead atoms. The molecule has 4 rings (SSSR count). The highest BCUT2D eigenvalue weighted by Gasteiger charge is 2.46. The lowest BCUT2D eigenvalue weighted by Crippen LogP contribution is -2.59. The molecule has 436 valence electrons. The van der Waals surface area contributed by atoms with Crippen LogP contribution >= 0.6 is 0 Å². The van der Waals surface area contributed by atoms with Crippen LogP contribution in [0.15, 0.2) is 0 Å². The van der Waals surface area contributed by atoms with Crippen LogP contribution in [-0.2, 0) is 66.8 Å². The van der Waals surface area contributed by atoms with Crippen molar-refractivity contribution in [2.45, 2.75) is 169 Å². The van der Waals surface area contributed by atoms with E-state index in [9.17, 15) is 94.8 Å². The molecule has 31 nitrogen and oxygen atoms in total. The van der Waals surface area contributed by atoms with Gasteiger partial charge in [0.2, 0.25) is 17.7 Å². The Labute approximate surface area is 435 Å². The van der Waals surface area contributed by atoms with Crippen molar-refractivity contribution in [2.24, 2.45) is 0 Å². The Hall–Kier alpha value is -4.07. The first-order chi connectivity index (χ1) is 36.2. The van der Waals surface area contributed by atoms with Crippen molar-refractivity contribution in [2.75, 3.05) is 72.4 Å². The summed E-state index contributed by atoms with van der Waals surface area (Å²) in [6.07, 6.45) is -22.2. The molecule has 0 saturated carbocycles.